The zero-order valence-corrected chi connectivity index (χ0v) is 13.4. The second-order valence-electron chi connectivity index (χ2n) is 5.29. The zero-order valence-electron chi connectivity index (χ0n) is 13.4. The van der Waals surface area contributed by atoms with Crippen molar-refractivity contribution in [1.29, 1.82) is 0 Å². The van der Waals surface area contributed by atoms with Gasteiger partial charge in [-0.2, -0.15) is 0 Å². The van der Waals surface area contributed by atoms with Gasteiger partial charge in [0.1, 0.15) is 0 Å². The van der Waals surface area contributed by atoms with Crippen molar-refractivity contribution in [2.45, 2.75) is 58.3 Å². The van der Waals surface area contributed by atoms with Crippen LogP contribution in [-0.2, 0) is 0 Å². The summed E-state index contributed by atoms with van der Waals surface area (Å²) in [6, 6.07) is 10.1. The first-order chi connectivity index (χ1) is 10.4. The number of nitrogens with zero attached hydrogens (tertiary/aromatic N) is 2. The molecule has 0 saturated carbocycles. The molecule has 2 heteroatoms. The van der Waals surface area contributed by atoms with Gasteiger partial charge in [-0.15, -0.1) is 0 Å². The topological polar surface area (TPSA) is 25.8 Å². The van der Waals surface area contributed by atoms with Crippen LogP contribution in [-0.4, -0.2) is 9.97 Å². The first-order valence-electron chi connectivity index (χ1n) is 8.13. The maximum absolute atomic E-state index is 4.09. The molecular formula is C19H28N2. The first kappa shape index (κ1) is 17.4. The molecule has 0 N–H and O–H groups in total. The van der Waals surface area contributed by atoms with Crippen LogP contribution in [0.25, 0.3) is 0 Å². The lowest BCUT2D eigenvalue weighted by molar-refractivity contribution is 0.524. The highest BCUT2D eigenvalue weighted by Crippen LogP contribution is 2.26. The third-order valence-corrected chi connectivity index (χ3v) is 3.56. The maximum atomic E-state index is 4.09. The first-order valence-corrected chi connectivity index (χ1v) is 8.13. The molecule has 0 radical (unpaired) electrons. The molecule has 0 saturated heterocycles. The lowest BCUT2D eigenvalue weighted by Crippen LogP contribution is -1.99. The standard InChI is InChI=1S/C14H23N.C5H5N/c1-3-5-7-13(8-6-4-2)14-9-11-15-12-10-14;1-2-4-6-5-3-1/h9-13H,3-8H2,1-2H3;1-5H. The van der Waals surface area contributed by atoms with Gasteiger partial charge in [-0.05, 0) is 48.6 Å². The van der Waals surface area contributed by atoms with Crippen LogP contribution in [0.2, 0.25) is 0 Å². The molecule has 0 aliphatic carbocycles. The number of aromatic nitrogens is 2. The van der Waals surface area contributed by atoms with E-state index in [1.807, 2.05) is 30.6 Å². The van der Waals surface area contributed by atoms with Crippen molar-refractivity contribution in [3.8, 4) is 0 Å². The fourth-order valence-electron chi connectivity index (χ4n) is 2.33. The molecule has 0 atom stereocenters. The molecule has 0 aliphatic rings. The fraction of sp³-hybridized carbons (Fsp3) is 0.474. The van der Waals surface area contributed by atoms with Crippen molar-refractivity contribution in [3.05, 3.63) is 60.7 Å². The van der Waals surface area contributed by atoms with E-state index in [2.05, 4.69) is 35.9 Å². The molecule has 0 spiro atoms. The Morgan fingerprint density at radius 2 is 1.29 bits per heavy atom. The third kappa shape index (κ3) is 8.23. The van der Waals surface area contributed by atoms with Crippen LogP contribution in [0.4, 0.5) is 0 Å². The van der Waals surface area contributed by atoms with Crippen LogP contribution in [0.5, 0.6) is 0 Å². The number of rotatable bonds is 7. The van der Waals surface area contributed by atoms with Gasteiger partial charge in [-0.3, -0.25) is 9.97 Å². The SMILES string of the molecule is CCCCC(CCCC)c1ccncc1.c1ccncc1. The smallest absolute Gasteiger partial charge is 0.0270 e. The molecule has 0 bridgehead atoms. The van der Waals surface area contributed by atoms with Crippen molar-refractivity contribution in [1.82, 2.24) is 9.97 Å². The maximum Gasteiger partial charge on any atom is 0.0270 e. The van der Waals surface area contributed by atoms with E-state index in [9.17, 15) is 0 Å². The van der Waals surface area contributed by atoms with E-state index >= 15 is 0 Å². The van der Waals surface area contributed by atoms with Crippen LogP contribution < -0.4 is 0 Å². The van der Waals surface area contributed by atoms with Gasteiger partial charge in [0, 0.05) is 24.8 Å². The van der Waals surface area contributed by atoms with Gasteiger partial charge in [0.05, 0.1) is 0 Å². The summed E-state index contributed by atoms with van der Waals surface area (Å²) >= 11 is 0. The molecule has 0 unspecified atom stereocenters. The van der Waals surface area contributed by atoms with Crippen molar-refractivity contribution in [2.24, 2.45) is 0 Å². The molecule has 2 nitrogen and oxygen atoms in total. The Morgan fingerprint density at radius 1 is 0.762 bits per heavy atom. The van der Waals surface area contributed by atoms with Crippen LogP contribution in [0, 0.1) is 0 Å². The summed E-state index contributed by atoms with van der Waals surface area (Å²) in [6.45, 7) is 4.53. The lowest BCUT2D eigenvalue weighted by atomic mass is 9.90. The van der Waals surface area contributed by atoms with Crippen LogP contribution in [0.1, 0.15) is 63.9 Å². The Bertz CT molecular complexity index is 393. The number of hydrogen-bond donors (Lipinski definition) is 0. The predicted molar refractivity (Wildman–Crippen MR) is 90.3 cm³/mol. The Hall–Kier alpha value is -1.70. The van der Waals surface area contributed by atoms with Crippen LogP contribution in [0.15, 0.2) is 55.1 Å². The minimum Gasteiger partial charge on any atom is -0.265 e. The van der Waals surface area contributed by atoms with Gasteiger partial charge in [0.2, 0.25) is 0 Å². The number of unbranched alkanes of at least 4 members (excludes halogenated alkanes) is 2. The average Bonchev–Trinajstić information content (AvgIpc) is 2.58. The van der Waals surface area contributed by atoms with E-state index in [0.717, 1.165) is 5.92 Å². The van der Waals surface area contributed by atoms with E-state index in [-0.39, 0.29) is 0 Å². The molecule has 21 heavy (non-hydrogen) atoms. The molecule has 0 aliphatic heterocycles. The average molecular weight is 284 g/mol. The normalized spacial score (nSPS) is 10.0. The molecule has 2 rings (SSSR count). The Balaban J connectivity index is 0.000000304. The monoisotopic (exact) mass is 284 g/mol. The number of pyridine rings is 2. The highest BCUT2D eigenvalue weighted by molar-refractivity contribution is 5.15. The Kier molecular flexibility index (Phi) is 9.97. The van der Waals surface area contributed by atoms with Gasteiger partial charge in [-0.25, -0.2) is 0 Å². The second kappa shape index (κ2) is 12.1. The van der Waals surface area contributed by atoms with Gasteiger partial charge in [0.15, 0.2) is 0 Å². The zero-order chi connectivity index (χ0) is 15.2. The van der Waals surface area contributed by atoms with Crippen LogP contribution >= 0.6 is 0 Å². The van der Waals surface area contributed by atoms with E-state index in [1.54, 1.807) is 12.4 Å². The van der Waals surface area contributed by atoms with Gasteiger partial charge < -0.3 is 0 Å². The van der Waals surface area contributed by atoms with Crippen molar-refractivity contribution < 1.29 is 0 Å². The van der Waals surface area contributed by atoms with Crippen LogP contribution in [0.3, 0.4) is 0 Å². The van der Waals surface area contributed by atoms with E-state index in [1.165, 1.54) is 44.1 Å². The molecule has 2 heterocycles. The van der Waals surface area contributed by atoms with Gasteiger partial charge in [0.25, 0.3) is 0 Å². The molecule has 0 amide bonds. The third-order valence-electron chi connectivity index (χ3n) is 3.56. The summed E-state index contributed by atoms with van der Waals surface area (Å²) in [7, 11) is 0. The Morgan fingerprint density at radius 3 is 1.67 bits per heavy atom. The summed E-state index contributed by atoms with van der Waals surface area (Å²) in [4.78, 5) is 7.87. The summed E-state index contributed by atoms with van der Waals surface area (Å²) < 4.78 is 0. The molecule has 2 aromatic rings. The fourth-order valence-corrected chi connectivity index (χ4v) is 2.33. The minimum absolute atomic E-state index is 0.757. The molecule has 0 fully saturated rings. The van der Waals surface area contributed by atoms with Crippen molar-refractivity contribution in [2.75, 3.05) is 0 Å². The van der Waals surface area contributed by atoms with Gasteiger partial charge >= 0.3 is 0 Å². The predicted octanol–water partition coefficient (Wildman–Crippen LogP) is 5.63. The molecule has 0 aromatic carbocycles. The lowest BCUT2D eigenvalue weighted by Gasteiger charge is -2.16. The highest BCUT2D eigenvalue weighted by atomic mass is 14.6. The second-order valence-corrected chi connectivity index (χ2v) is 5.29. The highest BCUT2D eigenvalue weighted by Gasteiger charge is 2.09. The molecule has 114 valence electrons. The summed E-state index contributed by atoms with van der Waals surface area (Å²) in [5.41, 5.74) is 1.48. The minimum atomic E-state index is 0.757. The van der Waals surface area contributed by atoms with Crippen molar-refractivity contribution >= 4 is 0 Å². The van der Waals surface area contributed by atoms with E-state index < -0.39 is 0 Å². The van der Waals surface area contributed by atoms with E-state index in [0.29, 0.717) is 0 Å². The Labute approximate surface area is 129 Å². The van der Waals surface area contributed by atoms with Crippen molar-refractivity contribution in [3.63, 3.8) is 0 Å². The van der Waals surface area contributed by atoms with E-state index in [4.69, 9.17) is 0 Å². The summed E-state index contributed by atoms with van der Waals surface area (Å²) in [6.07, 6.45) is 15.3. The molecule has 2 aromatic heterocycles. The van der Waals surface area contributed by atoms with Gasteiger partial charge in [-0.1, -0.05) is 45.6 Å². The summed E-state index contributed by atoms with van der Waals surface area (Å²) in [5.74, 6) is 0.757. The quantitative estimate of drug-likeness (QED) is 0.658. The summed E-state index contributed by atoms with van der Waals surface area (Å²) in [5, 5.41) is 0. The largest absolute Gasteiger partial charge is 0.265 e. The molecular weight excluding hydrogens is 256 g/mol. The number of hydrogen-bond acceptors (Lipinski definition) is 2.